The van der Waals surface area contributed by atoms with Crippen LogP contribution in [0.2, 0.25) is 0 Å². The van der Waals surface area contributed by atoms with Gasteiger partial charge in [0.15, 0.2) is 0 Å². The Kier molecular flexibility index (Phi) is 7.39. The van der Waals surface area contributed by atoms with Gasteiger partial charge in [-0.2, -0.15) is 0 Å². The van der Waals surface area contributed by atoms with Crippen LogP contribution in [0.4, 0.5) is 0 Å². The Labute approximate surface area is 178 Å². The summed E-state index contributed by atoms with van der Waals surface area (Å²) in [6, 6.07) is 17.9. The van der Waals surface area contributed by atoms with E-state index in [0.29, 0.717) is 24.3 Å². The van der Waals surface area contributed by atoms with Gasteiger partial charge in [0.05, 0.1) is 0 Å². The average Bonchev–Trinajstić information content (AvgIpc) is 3.16. The molecular weight excluding hydrogens is 406 g/mol. The van der Waals surface area contributed by atoms with Gasteiger partial charge in [-0.05, 0) is 18.6 Å². The third-order valence-corrected chi connectivity index (χ3v) is 7.16. The van der Waals surface area contributed by atoms with E-state index < -0.39 is 17.9 Å². The number of aliphatic carboxylic acids is 1. The smallest absolute Gasteiger partial charge is 0.326 e. The quantitative estimate of drug-likeness (QED) is 0.716. The topological polar surface area (TPSA) is 74.7 Å². The van der Waals surface area contributed by atoms with Crippen molar-refractivity contribution in [2.24, 2.45) is 5.92 Å². The molecule has 29 heavy (non-hydrogen) atoms. The molecule has 1 aliphatic heterocycles. The van der Waals surface area contributed by atoms with Crippen LogP contribution < -0.4 is 0 Å². The molecule has 7 heteroatoms. The first-order chi connectivity index (χ1) is 14.0. The lowest BCUT2D eigenvalue weighted by molar-refractivity contribution is -0.149. The molecule has 1 amide bonds. The monoisotopic (exact) mass is 429 g/mol. The van der Waals surface area contributed by atoms with Gasteiger partial charge < -0.3 is 10.0 Å². The molecule has 0 aliphatic carbocycles. The van der Waals surface area contributed by atoms with Crippen molar-refractivity contribution in [2.45, 2.75) is 29.5 Å². The fourth-order valence-corrected chi connectivity index (χ4v) is 5.32. The van der Waals surface area contributed by atoms with E-state index in [-0.39, 0.29) is 16.3 Å². The van der Waals surface area contributed by atoms with E-state index in [0.717, 1.165) is 16.7 Å². The van der Waals surface area contributed by atoms with E-state index in [1.54, 1.807) is 43.0 Å². The molecule has 1 N–H and O–H groups in total. The molecule has 0 bridgehead atoms. The van der Waals surface area contributed by atoms with Crippen LogP contribution in [-0.4, -0.2) is 50.6 Å². The lowest BCUT2D eigenvalue weighted by Crippen LogP contribution is -2.43. The SMILES string of the molecule is C[C@H](CSC(=O)c1ccccc1)C(=O)N1CC(Sc2ccccc2)CC1C(=O)O. The highest BCUT2D eigenvalue weighted by atomic mass is 32.2. The summed E-state index contributed by atoms with van der Waals surface area (Å²) in [6.45, 7) is 2.15. The molecule has 3 atom stereocenters. The van der Waals surface area contributed by atoms with E-state index >= 15 is 0 Å². The van der Waals surface area contributed by atoms with Gasteiger partial charge in [0.1, 0.15) is 6.04 Å². The van der Waals surface area contributed by atoms with Crippen LogP contribution >= 0.6 is 23.5 Å². The zero-order chi connectivity index (χ0) is 20.8. The first kappa shape index (κ1) is 21.5. The number of carboxylic acids is 1. The Bertz CT molecular complexity index is 860. The summed E-state index contributed by atoms with van der Waals surface area (Å²) in [5.41, 5.74) is 0.598. The van der Waals surface area contributed by atoms with Gasteiger partial charge in [-0.1, -0.05) is 67.2 Å². The van der Waals surface area contributed by atoms with Gasteiger partial charge in [-0.3, -0.25) is 9.59 Å². The minimum absolute atomic E-state index is 0.0354. The summed E-state index contributed by atoms with van der Waals surface area (Å²) in [6.07, 6.45) is 0.420. The maximum atomic E-state index is 12.9. The number of rotatable bonds is 7. The molecule has 2 unspecified atom stereocenters. The molecule has 1 aliphatic rings. The number of amides is 1. The van der Waals surface area contributed by atoms with Crippen molar-refractivity contribution in [2.75, 3.05) is 12.3 Å². The van der Waals surface area contributed by atoms with E-state index in [9.17, 15) is 19.5 Å². The third-order valence-electron chi connectivity index (χ3n) is 4.77. The molecule has 152 valence electrons. The van der Waals surface area contributed by atoms with Gasteiger partial charge in [0.2, 0.25) is 11.0 Å². The second-order valence-corrected chi connectivity index (χ2v) is 9.37. The van der Waals surface area contributed by atoms with E-state index in [4.69, 9.17) is 0 Å². The Balaban J connectivity index is 1.59. The van der Waals surface area contributed by atoms with Crippen molar-refractivity contribution < 1.29 is 19.5 Å². The molecule has 3 rings (SSSR count). The number of nitrogens with zero attached hydrogens (tertiary/aromatic N) is 1. The molecule has 2 aromatic rings. The van der Waals surface area contributed by atoms with Gasteiger partial charge in [0.25, 0.3) is 0 Å². The molecule has 0 spiro atoms. The van der Waals surface area contributed by atoms with Crippen LogP contribution in [0.3, 0.4) is 0 Å². The highest BCUT2D eigenvalue weighted by Crippen LogP contribution is 2.34. The van der Waals surface area contributed by atoms with Gasteiger partial charge in [0, 0.05) is 33.9 Å². The minimum Gasteiger partial charge on any atom is -0.480 e. The summed E-state index contributed by atoms with van der Waals surface area (Å²) in [5, 5.41) is 9.55. The molecule has 0 aromatic heterocycles. The lowest BCUT2D eigenvalue weighted by Gasteiger charge is -2.24. The van der Waals surface area contributed by atoms with Crippen LogP contribution in [0.1, 0.15) is 23.7 Å². The summed E-state index contributed by atoms with van der Waals surface area (Å²) < 4.78 is 0. The number of carbonyl (C=O) groups is 3. The van der Waals surface area contributed by atoms with Crippen LogP contribution in [-0.2, 0) is 9.59 Å². The van der Waals surface area contributed by atoms with Crippen LogP contribution in [0.25, 0.3) is 0 Å². The number of hydrogen-bond acceptors (Lipinski definition) is 5. The predicted molar refractivity (Wildman–Crippen MR) is 116 cm³/mol. The molecule has 5 nitrogen and oxygen atoms in total. The van der Waals surface area contributed by atoms with Crippen molar-refractivity contribution in [1.82, 2.24) is 4.90 Å². The van der Waals surface area contributed by atoms with E-state index in [2.05, 4.69) is 0 Å². The minimum atomic E-state index is -0.977. The molecule has 0 radical (unpaired) electrons. The zero-order valence-electron chi connectivity index (χ0n) is 16.1. The van der Waals surface area contributed by atoms with Crippen LogP contribution in [0, 0.1) is 5.92 Å². The maximum Gasteiger partial charge on any atom is 0.326 e. The zero-order valence-corrected chi connectivity index (χ0v) is 17.7. The highest BCUT2D eigenvalue weighted by molar-refractivity contribution is 8.14. The van der Waals surface area contributed by atoms with Gasteiger partial charge in [-0.15, -0.1) is 11.8 Å². The standard InChI is InChI=1S/C22H23NO4S2/c1-15(14-28-22(27)16-8-4-2-5-9-16)20(24)23-13-18(12-19(23)21(25)26)29-17-10-6-3-7-11-17/h2-11,15,18-19H,12-14H2,1H3,(H,25,26)/t15-,18?,19?/m1/s1. The summed E-state index contributed by atoms with van der Waals surface area (Å²) in [5.74, 6) is -1.29. The summed E-state index contributed by atoms with van der Waals surface area (Å²) in [7, 11) is 0. The number of thioether (sulfide) groups is 2. The lowest BCUT2D eigenvalue weighted by atomic mass is 10.1. The Morgan fingerprint density at radius 3 is 2.31 bits per heavy atom. The number of carbonyl (C=O) groups excluding carboxylic acids is 2. The summed E-state index contributed by atoms with van der Waals surface area (Å²) >= 11 is 2.70. The average molecular weight is 430 g/mol. The molecule has 0 saturated carbocycles. The fourth-order valence-electron chi connectivity index (χ4n) is 3.26. The molecule has 2 aromatic carbocycles. The second-order valence-electron chi connectivity index (χ2n) is 7.00. The van der Waals surface area contributed by atoms with Gasteiger partial charge >= 0.3 is 5.97 Å². The van der Waals surface area contributed by atoms with Crippen LogP contribution in [0.5, 0.6) is 0 Å². The van der Waals surface area contributed by atoms with Crippen LogP contribution in [0.15, 0.2) is 65.6 Å². The Hall–Kier alpha value is -2.25. The first-order valence-corrected chi connectivity index (χ1v) is 11.3. The molecule has 1 heterocycles. The van der Waals surface area contributed by atoms with Crippen molar-refractivity contribution in [3.63, 3.8) is 0 Å². The molecule has 1 saturated heterocycles. The maximum absolute atomic E-state index is 12.9. The molecule has 1 fully saturated rings. The Morgan fingerprint density at radius 1 is 1.07 bits per heavy atom. The van der Waals surface area contributed by atoms with E-state index in [1.807, 2.05) is 36.4 Å². The fraction of sp³-hybridized carbons (Fsp3) is 0.318. The van der Waals surface area contributed by atoms with Crippen molar-refractivity contribution in [1.29, 1.82) is 0 Å². The van der Waals surface area contributed by atoms with Crippen molar-refractivity contribution >= 4 is 40.5 Å². The second kappa shape index (κ2) is 9.98. The molecular formula is C22H23NO4S2. The number of benzene rings is 2. The number of carboxylic acid groups (broad SMARTS) is 1. The first-order valence-electron chi connectivity index (χ1n) is 9.43. The highest BCUT2D eigenvalue weighted by Gasteiger charge is 2.41. The van der Waals surface area contributed by atoms with Crippen molar-refractivity contribution in [3.05, 3.63) is 66.2 Å². The normalized spacial score (nSPS) is 19.7. The predicted octanol–water partition coefficient (Wildman–Crippen LogP) is 4.04. The van der Waals surface area contributed by atoms with Gasteiger partial charge in [-0.25, -0.2) is 4.79 Å². The number of likely N-dealkylation sites (tertiary alicyclic amines) is 1. The van der Waals surface area contributed by atoms with E-state index in [1.165, 1.54) is 4.90 Å². The third kappa shape index (κ3) is 5.64. The Morgan fingerprint density at radius 2 is 1.69 bits per heavy atom. The summed E-state index contributed by atoms with van der Waals surface area (Å²) in [4.78, 5) is 39.5. The largest absolute Gasteiger partial charge is 0.480 e. The van der Waals surface area contributed by atoms with Crippen molar-refractivity contribution in [3.8, 4) is 0 Å². The number of hydrogen-bond donors (Lipinski definition) is 1.